The van der Waals surface area contributed by atoms with E-state index in [0.29, 0.717) is 15.7 Å². The Morgan fingerprint density at radius 1 is 1.62 bits per heavy atom. The minimum atomic E-state index is 0.0879. The minimum Gasteiger partial charge on any atom is -0.496 e. The number of ether oxygens (including phenoxy) is 1. The highest BCUT2D eigenvalue weighted by atomic mass is 127. The number of Topliss-reactive ketones (excluding diaryl/α,β-unsaturated/α-hetero) is 1. The number of methoxy groups -OCH3 is 1. The first-order valence-electron chi connectivity index (χ1n) is 3.61. The van der Waals surface area contributed by atoms with E-state index >= 15 is 0 Å². The van der Waals surface area contributed by atoms with E-state index in [1.165, 1.54) is 0 Å². The summed E-state index contributed by atoms with van der Waals surface area (Å²) < 4.78 is 6.47. The first kappa shape index (κ1) is 11.0. The Labute approximate surface area is 98.9 Å². The van der Waals surface area contributed by atoms with Crippen LogP contribution in [0.25, 0.3) is 0 Å². The average molecular weight is 355 g/mol. The smallest absolute Gasteiger partial charge is 0.176 e. The zero-order chi connectivity index (χ0) is 9.84. The van der Waals surface area contributed by atoms with Crippen molar-refractivity contribution in [2.75, 3.05) is 11.5 Å². The van der Waals surface area contributed by atoms with Gasteiger partial charge in [0, 0.05) is 4.47 Å². The van der Waals surface area contributed by atoms with E-state index in [4.69, 9.17) is 4.74 Å². The van der Waals surface area contributed by atoms with Crippen LogP contribution in [0.3, 0.4) is 0 Å². The number of rotatable bonds is 3. The highest BCUT2D eigenvalue weighted by Crippen LogP contribution is 2.24. The zero-order valence-electron chi connectivity index (χ0n) is 7.01. The monoisotopic (exact) mass is 354 g/mol. The highest BCUT2D eigenvalue weighted by Gasteiger charge is 2.10. The molecule has 4 heteroatoms. The van der Waals surface area contributed by atoms with Gasteiger partial charge in [0.15, 0.2) is 5.78 Å². The quantitative estimate of drug-likeness (QED) is 0.473. The van der Waals surface area contributed by atoms with Crippen molar-refractivity contribution >= 4 is 44.3 Å². The fourth-order valence-corrected chi connectivity index (χ4v) is 1.72. The Morgan fingerprint density at radius 2 is 2.31 bits per heavy atom. The van der Waals surface area contributed by atoms with Gasteiger partial charge in [0.05, 0.1) is 17.1 Å². The molecule has 0 unspecified atom stereocenters. The first-order chi connectivity index (χ1) is 6.19. The van der Waals surface area contributed by atoms with Gasteiger partial charge in [-0.15, -0.1) is 0 Å². The molecule has 0 aliphatic heterocycles. The van der Waals surface area contributed by atoms with Crippen molar-refractivity contribution in [3.8, 4) is 5.75 Å². The molecular weight excluding hydrogens is 347 g/mol. The lowest BCUT2D eigenvalue weighted by Gasteiger charge is -2.06. The summed E-state index contributed by atoms with van der Waals surface area (Å²) in [6, 6.07) is 5.39. The fourth-order valence-electron chi connectivity index (χ4n) is 0.967. The predicted molar refractivity (Wildman–Crippen MR) is 63.9 cm³/mol. The number of hydrogen-bond acceptors (Lipinski definition) is 2. The van der Waals surface area contributed by atoms with Crippen LogP contribution in [-0.2, 0) is 0 Å². The molecule has 0 aliphatic rings. The molecule has 1 rings (SSSR count). The van der Waals surface area contributed by atoms with Crippen molar-refractivity contribution in [3.05, 3.63) is 28.2 Å². The average Bonchev–Trinajstić information content (AvgIpc) is 2.16. The Bertz CT molecular complexity index is 325. The van der Waals surface area contributed by atoms with Gasteiger partial charge in [0.1, 0.15) is 5.75 Å². The van der Waals surface area contributed by atoms with Gasteiger partial charge >= 0.3 is 0 Å². The van der Waals surface area contributed by atoms with Gasteiger partial charge in [-0.05, 0) is 18.2 Å². The summed E-state index contributed by atoms with van der Waals surface area (Å²) in [7, 11) is 1.56. The van der Waals surface area contributed by atoms with E-state index in [2.05, 4.69) is 15.9 Å². The molecule has 0 amide bonds. The van der Waals surface area contributed by atoms with Crippen LogP contribution in [-0.4, -0.2) is 17.3 Å². The summed E-state index contributed by atoms with van der Waals surface area (Å²) >= 11 is 5.36. The van der Waals surface area contributed by atoms with E-state index in [1.807, 2.05) is 28.7 Å². The zero-order valence-corrected chi connectivity index (χ0v) is 10.8. The van der Waals surface area contributed by atoms with Crippen molar-refractivity contribution in [2.45, 2.75) is 0 Å². The van der Waals surface area contributed by atoms with E-state index in [-0.39, 0.29) is 5.78 Å². The van der Waals surface area contributed by atoms with Crippen molar-refractivity contribution in [1.82, 2.24) is 0 Å². The molecule has 0 aliphatic carbocycles. The summed E-state index contributed by atoms with van der Waals surface area (Å²) in [5.74, 6) is 0.709. The molecule has 0 fully saturated rings. The molecule has 0 bridgehead atoms. The third-order valence-electron chi connectivity index (χ3n) is 1.59. The largest absolute Gasteiger partial charge is 0.496 e. The molecule has 2 nitrogen and oxygen atoms in total. The molecule has 1 aromatic carbocycles. The lowest BCUT2D eigenvalue weighted by Crippen LogP contribution is -2.02. The predicted octanol–water partition coefficient (Wildman–Crippen LogP) is 3.08. The highest BCUT2D eigenvalue weighted by molar-refractivity contribution is 14.1. The lowest BCUT2D eigenvalue weighted by atomic mass is 10.1. The number of ketones is 1. The summed E-state index contributed by atoms with van der Waals surface area (Å²) in [5, 5.41) is 0. The molecule has 70 valence electrons. The number of alkyl halides is 1. The van der Waals surface area contributed by atoms with Gasteiger partial charge in [-0.25, -0.2) is 0 Å². The Hall–Kier alpha value is -0.100. The van der Waals surface area contributed by atoms with Crippen LogP contribution in [0.5, 0.6) is 5.75 Å². The topological polar surface area (TPSA) is 26.3 Å². The maximum Gasteiger partial charge on any atom is 0.176 e. The molecule has 0 saturated heterocycles. The molecule has 0 heterocycles. The Kier molecular flexibility index (Phi) is 4.18. The molecule has 0 radical (unpaired) electrons. The molecule has 1 aromatic rings. The molecule has 0 N–H and O–H groups in total. The standard InChI is InChI=1S/C9H8BrIO2/c1-13-9-4-6(10)2-3-7(9)8(12)5-11/h2-4H,5H2,1H3. The van der Waals surface area contributed by atoms with Crippen molar-refractivity contribution in [1.29, 1.82) is 0 Å². The van der Waals surface area contributed by atoms with Gasteiger partial charge in [-0.1, -0.05) is 38.5 Å². The van der Waals surface area contributed by atoms with Crippen LogP contribution < -0.4 is 4.74 Å². The molecule has 0 atom stereocenters. The molecular formula is C9H8BrIO2. The summed E-state index contributed by atoms with van der Waals surface area (Å²) in [4.78, 5) is 11.4. The normalized spacial score (nSPS) is 9.77. The number of benzene rings is 1. The van der Waals surface area contributed by atoms with Gasteiger partial charge in [0.2, 0.25) is 0 Å². The maximum absolute atomic E-state index is 11.4. The van der Waals surface area contributed by atoms with Crippen molar-refractivity contribution in [2.24, 2.45) is 0 Å². The van der Waals surface area contributed by atoms with Gasteiger partial charge < -0.3 is 4.74 Å². The van der Waals surface area contributed by atoms with Crippen LogP contribution in [0.15, 0.2) is 22.7 Å². The van der Waals surface area contributed by atoms with Crippen molar-refractivity contribution in [3.63, 3.8) is 0 Å². The molecule has 0 spiro atoms. The molecule has 0 aromatic heterocycles. The van der Waals surface area contributed by atoms with E-state index in [1.54, 1.807) is 19.2 Å². The van der Waals surface area contributed by atoms with Crippen LogP contribution in [0.4, 0.5) is 0 Å². The number of halogens is 2. The summed E-state index contributed by atoms with van der Waals surface area (Å²) in [6.07, 6.45) is 0. The van der Waals surface area contributed by atoms with Crippen LogP contribution in [0.1, 0.15) is 10.4 Å². The molecule has 0 saturated carbocycles. The van der Waals surface area contributed by atoms with E-state index < -0.39 is 0 Å². The van der Waals surface area contributed by atoms with Gasteiger partial charge in [-0.2, -0.15) is 0 Å². The van der Waals surface area contributed by atoms with E-state index in [9.17, 15) is 4.79 Å². The SMILES string of the molecule is COc1cc(Br)ccc1C(=O)CI. The first-order valence-corrected chi connectivity index (χ1v) is 5.93. The maximum atomic E-state index is 11.4. The van der Waals surface area contributed by atoms with Crippen LogP contribution >= 0.6 is 38.5 Å². The third-order valence-corrected chi connectivity index (χ3v) is 2.77. The van der Waals surface area contributed by atoms with Crippen molar-refractivity contribution < 1.29 is 9.53 Å². The Morgan fingerprint density at radius 3 is 2.85 bits per heavy atom. The number of hydrogen-bond donors (Lipinski definition) is 0. The summed E-state index contributed by atoms with van der Waals surface area (Å²) in [6.45, 7) is 0. The minimum absolute atomic E-state index is 0.0879. The van der Waals surface area contributed by atoms with Crippen LogP contribution in [0.2, 0.25) is 0 Å². The van der Waals surface area contributed by atoms with Gasteiger partial charge in [0.25, 0.3) is 0 Å². The fraction of sp³-hybridized carbons (Fsp3) is 0.222. The number of carbonyl (C=O) groups excluding carboxylic acids is 1. The van der Waals surface area contributed by atoms with E-state index in [0.717, 1.165) is 4.47 Å². The second-order valence-electron chi connectivity index (χ2n) is 2.40. The Balaban J connectivity index is 3.13. The molecule has 13 heavy (non-hydrogen) atoms. The second kappa shape index (κ2) is 4.95. The van der Waals surface area contributed by atoms with Gasteiger partial charge in [-0.3, -0.25) is 4.79 Å². The number of carbonyl (C=O) groups is 1. The van der Waals surface area contributed by atoms with Crippen LogP contribution in [0, 0.1) is 0 Å². The third kappa shape index (κ3) is 2.67. The lowest BCUT2D eigenvalue weighted by molar-refractivity contribution is 0.102. The summed E-state index contributed by atoms with van der Waals surface area (Å²) in [5.41, 5.74) is 0.639. The second-order valence-corrected chi connectivity index (χ2v) is 4.08.